The summed E-state index contributed by atoms with van der Waals surface area (Å²) in [6.45, 7) is 0. The first-order chi connectivity index (χ1) is 10.3. The molecule has 0 bridgehead atoms. The minimum Gasteiger partial charge on any atom is -0.235 e. The van der Waals surface area contributed by atoms with E-state index in [0.717, 1.165) is 20.8 Å². The Kier molecular flexibility index (Phi) is 4.05. The molecule has 0 fully saturated rings. The minimum atomic E-state index is 0.605. The number of allylic oxidation sites excluding steroid dienone is 1. The SMILES string of the molecule is CSc1ccc(/C=C(/C#N)c2nc3ccccc3s2)cc1. The van der Waals surface area contributed by atoms with E-state index < -0.39 is 0 Å². The van der Waals surface area contributed by atoms with E-state index in [1.807, 2.05) is 48.7 Å². The van der Waals surface area contributed by atoms with Gasteiger partial charge in [-0.05, 0) is 42.2 Å². The number of nitrogens with zero attached hydrogens (tertiary/aromatic N) is 2. The third-order valence-electron chi connectivity index (χ3n) is 3.07. The third-order valence-corrected chi connectivity index (χ3v) is 4.88. The van der Waals surface area contributed by atoms with Gasteiger partial charge in [-0.2, -0.15) is 5.26 Å². The summed E-state index contributed by atoms with van der Waals surface area (Å²) in [5.41, 5.74) is 2.56. The smallest absolute Gasteiger partial charge is 0.135 e. The second kappa shape index (κ2) is 6.13. The number of thiazole rings is 1. The average Bonchev–Trinajstić information content (AvgIpc) is 2.97. The molecule has 0 aliphatic heterocycles. The molecule has 0 N–H and O–H groups in total. The van der Waals surface area contributed by atoms with Gasteiger partial charge in [-0.25, -0.2) is 4.98 Å². The number of thioether (sulfide) groups is 1. The van der Waals surface area contributed by atoms with Crippen LogP contribution in [-0.4, -0.2) is 11.2 Å². The van der Waals surface area contributed by atoms with Crippen LogP contribution in [-0.2, 0) is 0 Å². The standard InChI is InChI=1S/C17H12N2S2/c1-20-14-8-6-12(7-9-14)10-13(11-18)17-19-15-4-2-3-5-16(15)21-17/h2-10H,1H3/b13-10-. The van der Waals surface area contributed by atoms with Crippen LogP contribution in [0.5, 0.6) is 0 Å². The molecule has 3 rings (SSSR count). The van der Waals surface area contributed by atoms with Crippen LogP contribution >= 0.6 is 23.1 Å². The van der Waals surface area contributed by atoms with Gasteiger partial charge in [-0.3, -0.25) is 0 Å². The monoisotopic (exact) mass is 308 g/mol. The van der Waals surface area contributed by atoms with Crippen LogP contribution in [0.4, 0.5) is 0 Å². The Labute approximate surface area is 131 Å². The van der Waals surface area contributed by atoms with Gasteiger partial charge < -0.3 is 0 Å². The van der Waals surface area contributed by atoms with Crippen molar-refractivity contribution in [1.82, 2.24) is 4.98 Å². The quantitative estimate of drug-likeness (QED) is 0.500. The van der Waals surface area contributed by atoms with Gasteiger partial charge in [0.05, 0.1) is 15.8 Å². The number of hydrogen-bond donors (Lipinski definition) is 0. The molecule has 2 aromatic carbocycles. The fourth-order valence-electron chi connectivity index (χ4n) is 2.00. The zero-order valence-electron chi connectivity index (χ0n) is 11.4. The Bertz CT molecular complexity index is 806. The molecule has 0 radical (unpaired) electrons. The Morgan fingerprint density at radius 2 is 1.95 bits per heavy atom. The number of hydrogen-bond acceptors (Lipinski definition) is 4. The van der Waals surface area contributed by atoms with Crippen LogP contribution in [0.25, 0.3) is 21.9 Å². The van der Waals surface area contributed by atoms with E-state index in [1.165, 1.54) is 4.90 Å². The van der Waals surface area contributed by atoms with Crippen molar-refractivity contribution in [2.24, 2.45) is 0 Å². The highest BCUT2D eigenvalue weighted by Crippen LogP contribution is 2.28. The predicted molar refractivity (Wildman–Crippen MR) is 91.3 cm³/mol. The summed E-state index contributed by atoms with van der Waals surface area (Å²) in [6, 6.07) is 18.4. The molecule has 0 amide bonds. The first-order valence-electron chi connectivity index (χ1n) is 6.42. The van der Waals surface area contributed by atoms with E-state index in [9.17, 15) is 5.26 Å². The number of aromatic nitrogens is 1. The fraction of sp³-hybridized carbons (Fsp3) is 0.0588. The maximum Gasteiger partial charge on any atom is 0.135 e. The Hall–Kier alpha value is -2.09. The van der Waals surface area contributed by atoms with Gasteiger partial charge in [0.25, 0.3) is 0 Å². The summed E-state index contributed by atoms with van der Waals surface area (Å²) < 4.78 is 1.10. The zero-order chi connectivity index (χ0) is 14.7. The molecule has 0 spiro atoms. The van der Waals surface area contributed by atoms with Gasteiger partial charge >= 0.3 is 0 Å². The van der Waals surface area contributed by atoms with Crippen LogP contribution in [0.3, 0.4) is 0 Å². The third kappa shape index (κ3) is 2.99. The Morgan fingerprint density at radius 1 is 1.19 bits per heavy atom. The van der Waals surface area contributed by atoms with Crippen molar-refractivity contribution in [2.45, 2.75) is 4.90 Å². The van der Waals surface area contributed by atoms with Gasteiger partial charge in [0, 0.05) is 4.90 Å². The second-order valence-corrected chi connectivity index (χ2v) is 6.34. The summed E-state index contributed by atoms with van der Waals surface area (Å²) >= 11 is 3.26. The van der Waals surface area contributed by atoms with Crippen molar-refractivity contribution in [3.8, 4) is 6.07 Å². The van der Waals surface area contributed by atoms with Gasteiger partial charge in [0.15, 0.2) is 0 Å². The first kappa shape index (κ1) is 13.9. The van der Waals surface area contributed by atoms with Crippen molar-refractivity contribution in [1.29, 1.82) is 5.26 Å². The topological polar surface area (TPSA) is 36.7 Å². The molecule has 102 valence electrons. The molecule has 3 aromatic rings. The van der Waals surface area contributed by atoms with Crippen LogP contribution in [0.15, 0.2) is 53.4 Å². The average molecular weight is 308 g/mol. The van der Waals surface area contributed by atoms with Crippen molar-refractivity contribution < 1.29 is 0 Å². The molecule has 0 saturated carbocycles. The minimum absolute atomic E-state index is 0.605. The normalized spacial score (nSPS) is 11.5. The summed E-state index contributed by atoms with van der Waals surface area (Å²) in [4.78, 5) is 5.75. The highest BCUT2D eigenvalue weighted by Gasteiger charge is 2.08. The molecule has 0 unspecified atom stereocenters. The number of benzene rings is 2. The maximum absolute atomic E-state index is 9.41. The van der Waals surface area contributed by atoms with E-state index >= 15 is 0 Å². The van der Waals surface area contributed by atoms with Crippen LogP contribution in [0.1, 0.15) is 10.6 Å². The van der Waals surface area contributed by atoms with E-state index in [4.69, 9.17) is 0 Å². The second-order valence-electron chi connectivity index (χ2n) is 4.43. The lowest BCUT2D eigenvalue weighted by atomic mass is 10.1. The first-order valence-corrected chi connectivity index (χ1v) is 8.46. The Balaban J connectivity index is 2.00. The van der Waals surface area contributed by atoms with E-state index in [2.05, 4.69) is 23.2 Å². The maximum atomic E-state index is 9.41. The molecule has 21 heavy (non-hydrogen) atoms. The van der Waals surface area contributed by atoms with Crippen molar-refractivity contribution in [2.75, 3.05) is 6.26 Å². The highest BCUT2D eigenvalue weighted by atomic mass is 32.2. The van der Waals surface area contributed by atoms with E-state index in [0.29, 0.717) is 5.57 Å². The van der Waals surface area contributed by atoms with Gasteiger partial charge in [-0.15, -0.1) is 23.1 Å². The molecule has 1 aromatic heterocycles. The summed E-state index contributed by atoms with van der Waals surface area (Å²) in [5, 5.41) is 10.2. The zero-order valence-corrected chi connectivity index (χ0v) is 13.0. The predicted octanol–water partition coefficient (Wildman–Crippen LogP) is 5.08. The number of para-hydroxylation sites is 1. The lowest BCUT2D eigenvalue weighted by Gasteiger charge is -1.98. The molecule has 0 saturated heterocycles. The van der Waals surface area contributed by atoms with E-state index in [-0.39, 0.29) is 0 Å². The van der Waals surface area contributed by atoms with E-state index in [1.54, 1.807) is 23.1 Å². The van der Waals surface area contributed by atoms with Crippen LogP contribution in [0, 0.1) is 11.3 Å². The van der Waals surface area contributed by atoms with Crippen molar-refractivity contribution in [3.63, 3.8) is 0 Å². The van der Waals surface area contributed by atoms with Gasteiger partial charge in [0.1, 0.15) is 11.1 Å². The summed E-state index contributed by atoms with van der Waals surface area (Å²) in [7, 11) is 0. The Morgan fingerprint density at radius 3 is 2.62 bits per heavy atom. The van der Waals surface area contributed by atoms with Gasteiger partial charge in [-0.1, -0.05) is 24.3 Å². The lowest BCUT2D eigenvalue weighted by molar-refractivity contribution is 1.43. The molecule has 0 aliphatic rings. The molecular weight excluding hydrogens is 296 g/mol. The number of fused-ring (bicyclic) bond motifs is 1. The van der Waals surface area contributed by atoms with Crippen molar-refractivity contribution >= 4 is 45.0 Å². The molecule has 0 aliphatic carbocycles. The lowest BCUT2D eigenvalue weighted by Crippen LogP contribution is -1.80. The number of nitriles is 1. The largest absolute Gasteiger partial charge is 0.235 e. The van der Waals surface area contributed by atoms with Crippen LogP contribution in [0.2, 0.25) is 0 Å². The summed E-state index contributed by atoms with van der Waals surface area (Å²) in [5.74, 6) is 0. The molecule has 2 nitrogen and oxygen atoms in total. The summed E-state index contributed by atoms with van der Waals surface area (Å²) in [6.07, 6.45) is 3.94. The van der Waals surface area contributed by atoms with Crippen LogP contribution < -0.4 is 0 Å². The fourth-order valence-corrected chi connectivity index (χ4v) is 3.34. The molecule has 0 atom stereocenters. The van der Waals surface area contributed by atoms with Crippen molar-refractivity contribution in [3.05, 3.63) is 59.1 Å². The highest BCUT2D eigenvalue weighted by molar-refractivity contribution is 7.98. The van der Waals surface area contributed by atoms with Gasteiger partial charge in [0.2, 0.25) is 0 Å². The number of rotatable bonds is 3. The molecule has 1 heterocycles. The molecule has 4 heteroatoms. The molecular formula is C17H12N2S2.